The number of hydrogen-bond donors (Lipinski definition) is 2. The van der Waals surface area contributed by atoms with E-state index in [1.54, 1.807) is 24.1 Å². The first-order chi connectivity index (χ1) is 15.0. The molecule has 1 aliphatic rings. The Bertz CT molecular complexity index is 943. The lowest BCUT2D eigenvalue weighted by molar-refractivity contribution is -0.145. The Morgan fingerprint density at radius 2 is 2.23 bits per heavy atom. The number of aromatic nitrogens is 1. The molecule has 8 nitrogen and oxygen atoms in total. The maximum Gasteiger partial charge on any atom is 0.344 e. The van der Waals surface area contributed by atoms with Gasteiger partial charge in [0.05, 0.1) is 17.3 Å². The number of esters is 1. The molecular weight excluding hydrogens is 447 g/mol. The molecule has 1 aromatic carbocycles. The zero-order valence-electron chi connectivity index (χ0n) is 16.8. The second-order valence-corrected chi connectivity index (χ2v) is 7.26. The van der Waals surface area contributed by atoms with E-state index in [1.807, 2.05) is 0 Å². The number of ether oxygens (including phenoxy) is 3. The van der Waals surface area contributed by atoms with Crippen LogP contribution in [0.1, 0.15) is 19.8 Å². The number of halogens is 2. The normalized spacial score (nSPS) is 13.5. The first kappa shape index (κ1) is 23.0. The fraction of sp³-hybridized carbons (Fsp3) is 0.350. The summed E-state index contributed by atoms with van der Waals surface area (Å²) in [5.41, 5.74) is 3.26. The number of carbonyl (C=O) groups is 1. The predicted molar refractivity (Wildman–Crippen MR) is 118 cm³/mol. The summed E-state index contributed by atoms with van der Waals surface area (Å²) in [6.45, 7) is 3.13. The number of hydrazine groups is 1. The Labute approximate surface area is 189 Å². The van der Waals surface area contributed by atoms with Crippen LogP contribution in [0.3, 0.4) is 0 Å². The van der Waals surface area contributed by atoms with Crippen LogP contribution in [0.25, 0.3) is 0 Å². The van der Waals surface area contributed by atoms with Crippen molar-refractivity contribution in [1.82, 2.24) is 15.4 Å². The second-order valence-electron chi connectivity index (χ2n) is 6.46. The second kappa shape index (κ2) is 11.1. The summed E-state index contributed by atoms with van der Waals surface area (Å²) >= 11 is 11.5. The van der Waals surface area contributed by atoms with E-state index >= 15 is 0 Å². The molecule has 2 N–H and O–H groups in total. The topological polar surface area (TPSA) is 85.0 Å². The smallest absolute Gasteiger partial charge is 0.344 e. The van der Waals surface area contributed by atoms with Gasteiger partial charge in [0, 0.05) is 25.4 Å². The van der Waals surface area contributed by atoms with Crippen LogP contribution in [0, 0.1) is 5.82 Å². The number of rotatable bonds is 7. The van der Waals surface area contributed by atoms with Gasteiger partial charge in [0.2, 0.25) is 0 Å². The lowest BCUT2D eigenvalue weighted by Crippen LogP contribution is -2.48. The van der Waals surface area contributed by atoms with Crippen molar-refractivity contribution in [3.63, 3.8) is 0 Å². The standard InChI is InChI=1S/C20H22ClFN4O4S/c1-2-28-18(27)12-29-19-16(6-5-7-23-19)30-17-11-15(14(22)10-13(17)21)25-20(31)26-9-4-3-8-24-26/h5-7,10-11,24H,2-4,8-9,12H2,1H3,(H,25,31). The number of nitrogens with one attached hydrogen (secondary N) is 2. The number of nitrogens with zero attached hydrogens (tertiary/aromatic N) is 2. The number of carbonyl (C=O) groups excluding carboxylic acids is 1. The van der Waals surface area contributed by atoms with Crippen LogP contribution in [0.15, 0.2) is 30.5 Å². The van der Waals surface area contributed by atoms with E-state index in [0.717, 1.165) is 32.0 Å². The molecule has 0 amide bonds. The number of anilines is 1. The molecule has 11 heteroatoms. The van der Waals surface area contributed by atoms with E-state index in [4.69, 9.17) is 38.0 Å². The molecule has 0 bridgehead atoms. The molecule has 1 saturated heterocycles. The highest BCUT2D eigenvalue weighted by Gasteiger charge is 2.18. The first-order valence-electron chi connectivity index (χ1n) is 9.70. The molecule has 2 aromatic rings. The van der Waals surface area contributed by atoms with Crippen molar-refractivity contribution in [2.75, 3.05) is 31.6 Å². The minimum Gasteiger partial charge on any atom is -0.463 e. The van der Waals surface area contributed by atoms with Crippen molar-refractivity contribution in [2.24, 2.45) is 0 Å². The van der Waals surface area contributed by atoms with Crippen LogP contribution < -0.4 is 20.2 Å². The minimum absolute atomic E-state index is 0.0465. The van der Waals surface area contributed by atoms with Crippen molar-refractivity contribution >= 4 is 40.6 Å². The SMILES string of the molecule is CCOC(=O)COc1ncccc1Oc1cc(NC(=S)N2CCCCN2)c(F)cc1Cl. The summed E-state index contributed by atoms with van der Waals surface area (Å²) in [5.74, 6) is -0.689. The van der Waals surface area contributed by atoms with Crippen LogP contribution in [0.4, 0.5) is 10.1 Å². The average molecular weight is 469 g/mol. The van der Waals surface area contributed by atoms with Crippen molar-refractivity contribution in [3.05, 3.63) is 41.3 Å². The highest BCUT2D eigenvalue weighted by Crippen LogP contribution is 2.36. The van der Waals surface area contributed by atoms with Gasteiger partial charge in [-0.2, -0.15) is 0 Å². The van der Waals surface area contributed by atoms with E-state index in [-0.39, 0.29) is 41.3 Å². The van der Waals surface area contributed by atoms with E-state index in [0.29, 0.717) is 5.11 Å². The van der Waals surface area contributed by atoms with Gasteiger partial charge in [0.25, 0.3) is 5.88 Å². The van der Waals surface area contributed by atoms with E-state index in [9.17, 15) is 9.18 Å². The van der Waals surface area contributed by atoms with Crippen LogP contribution >= 0.6 is 23.8 Å². The predicted octanol–water partition coefficient (Wildman–Crippen LogP) is 3.91. The molecular formula is C20H22ClFN4O4S. The summed E-state index contributed by atoms with van der Waals surface area (Å²) in [6, 6.07) is 5.74. The summed E-state index contributed by atoms with van der Waals surface area (Å²) in [4.78, 5) is 15.6. The van der Waals surface area contributed by atoms with Crippen molar-refractivity contribution in [2.45, 2.75) is 19.8 Å². The van der Waals surface area contributed by atoms with Gasteiger partial charge in [-0.3, -0.25) is 5.01 Å². The molecule has 0 spiro atoms. The van der Waals surface area contributed by atoms with E-state index < -0.39 is 11.8 Å². The number of thiocarbonyl (C=S) groups is 1. The number of hydrogen-bond acceptors (Lipinski definition) is 7. The third kappa shape index (κ3) is 6.39. The highest BCUT2D eigenvalue weighted by atomic mass is 35.5. The van der Waals surface area contributed by atoms with Crippen LogP contribution in [0.2, 0.25) is 5.02 Å². The van der Waals surface area contributed by atoms with Gasteiger partial charge in [-0.25, -0.2) is 19.6 Å². The van der Waals surface area contributed by atoms with Gasteiger partial charge in [0.15, 0.2) is 17.5 Å². The minimum atomic E-state index is -0.582. The Morgan fingerprint density at radius 3 is 2.97 bits per heavy atom. The van der Waals surface area contributed by atoms with Gasteiger partial charge in [-0.1, -0.05) is 11.6 Å². The van der Waals surface area contributed by atoms with Gasteiger partial charge < -0.3 is 19.5 Å². The quantitative estimate of drug-likeness (QED) is 0.464. The Kier molecular flexibility index (Phi) is 8.21. The zero-order valence-corrected chi connectivity index (χ0v) is 18.4. The fourth-order valence-electron chi connectivity index (χ4n) is 2.76. The molecule has 1 fully saturated rings. The van der Waals surface area contributed by atoms with Gasteiger partial charge in [-0.15, -0.1) is 0 Å². The molecule has 0 saturated carbocycles. The summed E-state index contributed by atoms with van der Waals surface area (Å²) in [7, 11) is 0. The van der Waals surface area contributed by atoms with Gasteiger partial charge >= 0.3 is 5.97 Å². The van der Waals surface area contributed by atoms with E-state index in [2.05, 4.69) is 15.7 Å². The Hall–Kier alpha value is -2.69. The molecule has 2 heterocycles. The largest absolute Gasteiger partial charge is 0.463 e. The third-order valence-electron chi connectivity index (χ3n) is 4.21. The Balaban J connectivity index is 1.75. The molecule has 0 atom stereocenters. The Morgan fingerprint density at radius 1 is 1.39 bits per heavy atom. The molecule has 31 heavy (non-hydrogen) atoms. The van der Waals surface area contributed by atoms with Crippen LogP contribution in [-0.4, -0.2) is 47.4 Å². The third-order valence-corrected chi connectivity index (χ3v) is 4.83. The van der Waals surface area contributed by atoms with Gasteiger partial charge in [-0.05, 0) is 50.2 Å². The summed E-state index contributed by atoms with van der Waals surface area (Å²) in [6.07, 6.45) is 3.52. The van der Waals surface area contributed by atoms with Crippen molar-refractivity contribution in [3.8, 4) is 17.4 Å². The van der Waals surface area contributed by atoms with E-state index in [1.165, 1.54) is 12.3 Å². The molecule has 1 aromatic heterocycles. The first-order valence-corrected chi connectivity index (χ1v) is 10.5. The monoisotopic (exact) mass is 468 g/mol. The highest BCUT2D eigenvalue weighted by molar-refractivity contribution is 7.80. The molecule has 1 aliphatic heterocycles. The molecule has 0 aliphatic carbocycles. The molecule has 0 radical (unpaired) electrons. The number of benzene rings is 1. The molecule has 166 valence electrons. The zero-order chi connectivity index (χ0) is 22.2. The van der Waals surface area contributed by atoms with Crippen LogP contribution in [0.5, 0.6) is 17.4 Å². The lowest BCUT2D eigenvalue weighted by atomic mass is 10.2. The lowest BCUT2D eigenvalue weighted by Gasteiger charge is -2.30. The fourth-order valence-corrected chi connectivity index (χ4v) is 3.21. The number of pyridine rings is 1. The van der Waals surface area contributed by atoms with Crippen molar-refractivity contribution < 1.29 is 23.4 Å². The average Bonchev–Trinajstić information content (AvgIpc) is 2.77. The van der Waals surface area contributed by atoms with Crippen LogP contribution in [-0.2, 0) is 9.53 Å². The molecule has 0 unspecified atom stereocenters. The maximum atomic E-state index is 14.5. The summed E-state index contributed by atoms with van der Waals surface area (Å²) in [5, 5.41) is 5.02. The maximum absolute atomic E-state index is 14.5. The molecule has 3 rings (SSSR count). The summed E-state index contributed by atoms with van der Waals surface area (Å²) < 4.78 is 30.5. The van der Waals surface area contributed by atoms with Gasteiger partial charge in [0.1, 0.15) is 11.6 Å². The van der Waals surface area contributed by atoms with Crippen molar-refractivity contribution in [1.29, 1.82) is 0 Å².